The summed E-state index contributed by atoms with van der Waals surface area (Å²) in [6.07, 6.45) is 0. The summed E-state index contributed by atoms with van der Waals surface area (Å²) >= 11 is 0. The van der Waals surface area contributed by atoms with E-state index in [4.69, 9.17) is 10.6 Å². The zero-order valence-electron chi connectivity index (χ0n) is 10.6. The van der Waals surface area contributed by atoms with Gasteiger partial charge in [0.15, 0.2) is 0 Å². The van der Waals surface area contributed by atoms with Crippen LogP contribution in [0.15, 0.2) is 18.2 Å². The Bertz CT molecular complexity index is 690. The van der Waals surface area contributed by atoms with Gasteiger partial charge in [-0.3, -0.25) is 15.5 Å². The smallest absolute Gasteiger partial charge is 0.352 e. The molecule has 8 nitrogen and oxygen atoms in total. The van der Waals surface area contributed by atoms with Crippen molar-refractivity contribution in [3.8, 4) is 11.6 Å². The quantitative estimate of drug-likeness (QED) is 0.504. The summed E-state index contributed by atoms with van der Waals surface area (Å²) in [6, 6.07) is 2.36. The highest BCUT2D eigenvalue weighted by Crippen LogP contribution is 2.32. The summed E-state index contributed by atoms with van der Waals surface area (Å²) < 4.78 is 31.3. The fourth-order valence-corrected chi connectivity index (χ4v) is 1.59. The Morgan fingerprint density at radius 2 is 1.90 bits per heavy atom. The maximum atomic E-state index is 13.1. The molecule has 10 heteroatoms. The molecule has 110 valence electrons. The molecule has 0 aliphatic carbocycles. The van der Waals surface area contributed by atoms with E-state index in [2.05, 4.69) is 15.4 Å². The van der Waals surface area contributed by atoms with Crippen LogP contribution in [0.5, 0.6) is 11.6 Å². The number of hydrogen-bond donors (Lipinski definition) is 2. The molecule has 2 rings (SSSR count). The molecular formula is C11H9F2N5O3. The Morgan fingerprint density at radius 1 is 1.29 bits per heavy atom. The van der Waals surface area contributed by atoms with Crippen LogP contribution in [0, 0.1) is 28.7 Å². The van der Waals surface area contributed by atoms with Crippen LogP contribution in [-0.4, -0.2) is 14.9 Å². The number of nitrogen functional groups attached to an aromatic ring is 1. The SMILES string of the molecule is Cc1nc(NN)nc(Oc2cc(F)cc(F)c2)c1[N+](=O)[O-]. The van der Waals surface area contributed by atoms with Crippen LogP contribution >= 0.6 is 0 Å². The molecular weight excluding hydrogens is 288 g/mol. The average Bonchev–Trinajstić information content (AvgIpc) is 2.36. The lowest BCUT2D eigenvalue weighted by atomic mass is 10.3. The molecule has 21 heavy (non-hydrogen) atoms. The van der Waals surface area contributed by atoms with Gasteiger partial charge >= 0.3 is 11.6 Å². The summed E-state index contributed by atoms with van der Waals surface area (Å²) in [7, 11) is 0. The molecule has 1 aromatic heterocycles. The van der Waals surface area contributed by atoms with Crippen molar-refractivity contribution in [1.82, 2.24) is 9.97 Å². The van der Waals surface area contributed by atoms with Gasteiger partial charge in [0.25, 0.3) is 0 Å². The number of nitro groups is 1. The number of aromatic nitrogens is 2. The van der Waals surface area contributed by atoms with E-state index in [-0.39, 0.29) is 17.4 Å². The molecule has 2 aromatic rings. The van der Waals surface area contributed by atoms with Crippen LogP contribution in [0.25, 0.3) is 0 Å². The van der Waals surface area contributed by atoms with E-state index in [1.807, 2.05) is 0 Å². The van der Waals surface area contributed by atoms with E-state index in [1.165, 1.54) is 6.92 Å². The minimum Gasteiger partial charge on any atom is -0.433 e. The number of aryl methyl sites for hydroxylation is 1. The van der Waals surface area contributed by atoms with Gasteiger partial charge in [-0.05, 0) is 6.92 Å². The standard InChI is InChI=1S/C11H9F2N5O3/c1-5-9(18(19)20)10(16-11(15-5)17-14)21-8-3-6(12)2-7(13)4-8/h2-4H,14H2,1H3,(H,15,16,17). The Kier molecular flexibility index (Phi) is 3.89. The van der Waals surface area contributed by atoms with E-state index in [1.54, 1.807) is 0 Å². The zero-order valence-corrected chi connectivity index (χ0v) is 10.6. The first-order chi connectivity index (χ1) is 9.90. The first kappa shape index (κ1) is 14.5. The first-order valence-corrected chi connectivity index (χ1v) is 5.54. The van der Waals surface area contributed by atoms with Crippen LogP contribution < -0.4 is 16.0 Å². The van der Waals surface area contributed by atoms with Gasteiger partial charge in [0.1, 0.15) is 23.1 Å². The first-order valence-electron chi connectivity index (χ1n) is 5.54. The highest BCUT2D eigenvalue weighted by molar-refractivity contribution is 5.50. The lowest BCUT2D eigenvalue weighted by Crippen LogP contribution is -2.12. The Morgan fingerprint density at radius 3 is 2.43 bits per heavy atom. The van der Waals surface area contributed by atoms with Gasteiger partial charge in [-0.1, -0.05) is 0 Å². The Hall–Kier alpha value is -2.88. The van der Waals surface area contributed by atoms with Crippen molar-refractivity contribution in [2.24, 2.45) is 5.84 Å². The van der Waals surface area contributed by atoms with E-state index in [0.717, 1.165) is 12.1 Å². The van der Waals surface area contributed by atoms with Crippen molar-refractivity contribution in [2.75, 3.05) is 5.43 Å². The summed E-state index contributed by atoms with van der Waals surface area (Å²) in [6.45, 7) is 1.35. The molecule has 0 bridgehead atoms. The summed E-state index contributed by atoms with van der Waals surface area (Å²) in [4.78, 5) is 17.7. The molecule has 0 atom stereocenters. The molecule has 0 radical (unpaired) electrons. The van der Waals surface area contributed by atoms with Gasteiger partial charge in [-0.15, -0.1) is 0 Å². The molecule has 0 aliphatic rings. The third-order valence-electron chi connectivity index (χ3n) is 2.39. The van der Waals surface area contributed by atoms with Gasteiger partial charge in [0, 0.05) is 18.2 Å². The van der Waals surface area contributed by atoms with Crippen molar-refractivity contribution >= 4 is 11.6 Å². The number of halogens is 2. The van der Waals surface area contributed by atoms with Crippen molar-refractivity contribution < 1.29 is 18.4 Å². The van der Waals surface area contributed by atoms with Crippen LogP contribution in [0.3, 0.4) is 0 Å². The maximum Gasteiger partial charge on any atom is 0.352 e. The molecule has 3 N–H and O–H groups in total. The van der Waals surface area contributed by atoms with Gasteiger partial charge in [-0.25, -0.2) is 19.6 Å². The van der Waals surface area contributed by atoms with E-state index in [9.17, 15) is 18.9 Å². The van der Waals surface area contributed by atoms with E-state index in [0.29, 0.717) is 6.07 Å². The summed E-state index contributed by atoms with van der Waals surface area (Å²) in [5.41, 5.74) is 1.56. The Labute approximate surface area is 116 Å². The van der Waals surface area contributed by atoms with Crippen molar-refractivity contribution in [2.45, 2.75) is 6.92 Å². The summed E-state index contributed by atoms with van der Waals surface area (Å²) in [5.74, 6) is 2.45. The molecule has 0 fully saturated rings. The normalized spacial score (nSPS) is 10.3. The predicted molar refractivity (Wildman–Crippen MR) is 67.7 cm³/mol. The van der Waals surface area contributed by atoms with Crippen LogP contribution in [0.1, 0.15) is 5.69 Å². The van der Waals surface area contributed by atoms with Crippen molar-refractivity contribution in [3.63, 3.8) is 0 Å². The molecule has 0 saturated carbocycles. The fourth-order valence-electron chi connectivity index (χ4n) is 1.59. The van der Waals surface area contributed by atoms with Crippen molar-refractivity contribution in [1.29, 1.82) is 0 Å². The van der Waals surface area contributed by atoms with Gasteiger partial charge in [0.2, 0.25) is 5.95 Å². The number of ether oxygens (including phenoxy) is 1. The molecule has 0 saturated heterocycles. The lowest BCUT2D eigenvalue weighted by Gasteiger charge is -2.08. The number of hydrazine groups is 1. The second-order valence-electron chi connectivity index (χ2n) is 3.90. The number of rotatable bonds is 4. The second kappa shape index (κ2) is 5.63. The monoisotopic (exact) mass is 297 g/mol. The van der Waals surface area contributed by atoms with Crippen LogP contribution in [-0.2, 0) is 0 Å². The third-order valence-corrected chi connectivity index (χ3v) is 2.39. The third kappa shape index (κ3) is 3.17. The molecule has 1 heterocycles. The van der Waals surface area contributed by atoms with Gasteiger partial charge in [-0.2, -0.15) is 4.98 Å². The topological polar surface area (TPSA) is 116 Å². The number of anilines is 1. The lowest BCUT2D eigenvalue weighted by molar-refractivity contribution is -0.386. The van der Waals surface area contributed by atoms with Crippen molar-refractivity contribution in [3.05, 3.63) is 45.6 Å². The molecule has 0 amide bonds. The largest absolute Gasteiger partial charge is 0.433 e. The average molecular weight is 297 g/mol. The van der Waals surface area contributed by atoms with E-state index < -0.39 is 28.1 Å². The Balaban J connectivity index is 2.51. The van der Waals surface area contributed by atoms with Crippen LogP contribution in [0.2, 0.25) is 0 Å². The molecule has 0 aliphatic heterocycles. The number of nitrogens with one attached hydrogen (secondary N) is 1. The molecule has 1 aromatic carbocycles. The highest BCUT2D eigenvalue weighted by atomic mass is 19.1. The minimum atomic E-state index is -0.893. The van der Waals surface area contributed by atoms with Crippen LogP contribution in [0.4, 0.5) is 20.4 Å². The number of hydrogen-bond acceptors (Lipinski definition) is 7. The van der Waals surface area contributed by atoms with Gasteiger partial charge in [0.05, 0.1) is 4.92 Å². The summed E-state index contributed by atoms with van der Waals surface area (Å²) in [5, 5.41) is 11.0. The predicted octanol–water partition coefficient (Wildman–Crippen LogP) is 2.05. The number of nitrogens with two attached hydrogens (primary N) is 1. The van der Waals surface area contributed by atoms with E-state index >= 15 is 0 Å². The number of nitrogens with zero attached hydrogens (tertiary/aromatic N) is 3. The highest BCUT2D eigenvalue weighted by Gasteiger charge is 2.24. The van der Waals surface area contributed by atoms with Gasteiger partial charge < -0.3 is 4.74 Å². The number of benzene rings is 1. The molecule has 0 spiro atoms. The zero-order chi connectivity index (χ0) is 15.6. The second-order valence-corrected chi connectivity index (χ2v) is 3.90. The molecule has 0 unspecified atom stereocenters. The maximum absolute atomic E-state index is 13.1. The fraction of sp³-hybridized carbons (Fsp3) is 0.0909. The minimum absolute atomic E-state index is 0.0187.